The van der Waals surface area contributed by atoms with Gasteiger partial charge in [0.2, 0.25) is 10.4 Å². The van der Waals surface area contributed by atoms with E-state index in [2.05, 4.69) is 9.60 Å². The Labute approximate surface area is 166 Å². The van der Waals surface area contributed by atoms with E-state index in [1.807, 2.05) is 0 Å². The smallest absolute Gasteiger partial charge is 0.724 e. The molecule has 11 heteroatoms. The van der Waals surface area contributed by atoms with Gasteiger partial charge in [-0.15, -0.1) is 0 Å². The van der Waals surface area contributed by atoms with Crippen molar-refractivity contribution in [3.63, 3.8) is 0 Å². The molecule has 1 N–H and O–H groups in total. The van der Waals surface area contributed by atoms with E-state index in [0.717, 1.165) is 0 Å². The maximum atomic E-state index is 11.7. The summed E-state index contributed by atoms with van der Waals surface area (Å²) >= 11 is 0. The molecule has 9 nitrogen and oxygen atoms in total. The number of carbonyl (C=O) groups is 2. The van der Waals surface area contributed by atoms with E-state index in [4.69, 9.17) is 4.74 Å². The molecule has 116 valence electrons. The van der Waals surface area contributed by atoms with Crippen molar-refractivity contribution in [3.05, 3.63) is 0 Å². The molecule has 0 aliphatic carbocycles. The molecule has 0 unspecified atom stereocenters. The number of nitrogens with zero attached hydrogens (tertiary/aromatic N) is 1. The first kappa shape index (κ1) is 21.2. The van der Waals surface area contributed by atoms with Crippen LogP contribution in [0.2, 0.25) is 0 Å². The third kappa shape index (κ3) is 5.75. The number of hydrogen-bond acceptors (Lipinski definition) is 7. The van der Waals surface area contributed by atoms with E-state index in [-0.39, 0.29) is 51.4 Å². The molecule has 1 aliphatic rings. The van der Waals surface area contributed by atoms with E-state index in [1.165, 1.54) is 13.8 Å². The van der Waals surface area contributed by atoms with Gasteiger partial charge < -0.3 is 14.6 Å². The molecule has 0 radical (unpaired) electrons. The van der Waals surface area contributed by atoms with Crippen molar-refractivity contribution in [2.45, 2.75) is 51.8 Å². The van der Waals surface area contributed by atoms with Gasteiger partial charge in [0.25, 0.3) is 5.91 Å². The minimum Gasteiger partial charge on any atom is -0.724 e. The summed E-state index contributed by atoms with van der Waals surface area (Å²) in [4.78, 5) is 23.2. The molecule has 0 aromatic carbocycles. The zero-order valence-electron chi connectivity index (χ0n) is 12.8. The third-order valence-corrected chi connectivity index (χ3v) is 2.84. The Morgan fingerprint density at radius 3 is 2.19 bits per heavy atom. The van der Waals surface area contributed by atoms with Crippen LogP contribution in [0.15, 0.2) is 0 Å². The van der Waals surface area contributed by atoms with Gasteiger partial charge in [0.05, 0.1) is 5.54 Å². The summed E-state index contributed by atoms with van der Waals surface area (Å²) in [5.41, 5.74) is -1.93. The van der Waals surface area contributed by atoms with E-state index in [0.29, 0.717) is 5.06 Å². The number of hydroxylamine groups is 2. The predicted molar refractivity (Wildman–Crippen MR) is 64.9 cm³/mol. The van der Waals surface area contributed by atoms with Crippen molar-refractivity contribution in [1.29, 1.82) is 0 Å². The molecular weight excluding hydrogens is 331 g/mol. The summed E-state index contributed by atoms with van der Waals surface area (Å²) in [6, 6.07) is -1.04. The second kappa shape index (κ2) is 6.79. The van der Waals surface area contributed by atoms with Crippen LogP contribution in [0, 0.1) is 0 Å². The summed E-state index contributed by atoms with van der Waals surface area (Å²) in [5.74, 6) is -0.847. The van der Waals surface area contributed by atoms with Gasteiger partial charge in [-0.25, -0.2) is 13.2 Å². The molecule has 0 bridgehead atoms. The molecule has 1 aliphatic heterocycles. The maximum Gasteiger partial charge on any atom is 1.00 e. The van der Waals surface area contributed by atoms with Crippen LogP contribution in [0.5, 0.6) is 0 Å². The van der Waals surface area contributed by atoms with Gasteiger partial charge in [-0.1, -0.05) is 0 Å². The third-order valence-electron chi connectivity index (χ3n) is 2.50. The number of rotatable bonds is 3. The fourth-order valence-electron chi connectivity index (χ4n) is 1.64. The minimum absolute atomic E-state index is 0. The molecule has 21 heavy (non-hydrogen) atoms. The van der Waals surface area contributed by atoms with Gasteiger partial charge in [0.15, 0.2) is 0 Å². The van der Waals surface area contributed by atoms with Crippen LogP contribution < -0.4 is 56.7 Å². The Hall–Kier alpha value is 0.246. The minimum atomic E-state index is -5.06. The second-order valence-corrected chi connectivity index (χ2v) is 6.81. The normalized spacial score (nSPS) is 21.1. The number of hydrogen-bond donors (Lipinski definition) is 1. The number of ether oxygens (including phenoxy) is 1. The molecule has 1 fully saturated rings. The van der Waals surface area contributed by atoms with Crippen LogP contribution >= 0.6 is 0 Å². The molecular formula is C10H17KN2O7S. The predicted octanol–water partition coefficient (Wildman–Crippen LogP) is -3.10. The number of β-lactam (4-membered cyclic amide) rings is 1. The molecule has 1 heterocycles. The molecule has 0 spiro atoms. The Morgan fingerprint density at radius 2 is 1.86 bits per heavy atom. The quantitative estimate of drug-likeness (QED) is 0.248. The summed E-state index contributed by atoms with van der Waals surface area (Å²) in [5, 5.41) is 2.71. The van der Waals surface area contributed by atoms with Gasteiger partial charge in [0, 0.05) is 0 Å². The molecule has 1 rings (SSSR count). The van der Waals surface area contributed by atoms with Crippen LogP contribution in [0.3, 0.4) is 0 Å². The van der Waals surface area contributed by atoms with Crippen LogP contribution in [-0.4, -0.2) is 47.2 Å². The molecule has 0 saturated carbocycles. The number of nitrogens with one attached hydrogen (secondary N) is 1. The zero-order chi connectivity index (χ0) is 15.9. The topological polar surface area (TPSA) is 125 Å². The van der Waals surface area contributed by atoms with E-state index in [9.17, 15) is 22.6 Å². The summed E-state index contributed by atoms with van der Waals surface area (Å²) in [7, 11) is -5.06. The monoisotopic (exact) mass is 348 g/mol. The van der Waals surface area contributed by atoms with Crippen molar-refractivity contribution < 1.29 is 83.0 Å². The zero-order valence-corrected chi connectivity index (χ0v) is 16.7. The number of amides is 2. The van der Waals surface area contributed by atoms with Crippen molar-refractivity contribution in [1.82, 2.24) is 10.4 Å². The second-order valence-electron chi connectivity index (χ2n) is 5.85. The van der Waals surface area contributed by atoms with Gasteiger partial charge in [-0.05, 0) is 34.6 Å². The standard InChI is InChI=1S/C10H18N2O7S.K/c1-9(2,3)18-8(14)11-6-7(13)12(10(6,4)5)19-20(15,16)17;/h6H,1-5H3,(H,11,14)(H,15,16,17);/q;+1/p-1/t6-;/m1./s1. The van der Waals surface area contributed by atoms with Gasteiger partial charge in [-0.2, -0.15) is 9.35 Å². The Morgan fingerprint density at radius 1 is 1.38 bits per heavy atom. The van der Waals surface area contributed by atoms with Crippen LogP contribution in [-0.2, 0) is 24.2 Å². The van der Waals surface area contributed by atoms with Crippen LogP contribution in [0.1, 0.15) is 34.6 Å². The summed E-state index contributed by atoms with van der Waals surface area (Å²) < 4.78 is 40.5. The van der Waals surface area contributed by atoms with E-state index in [1.54, 1.807) is 20.8 Å². The Balaban J connectivity index is 0.00000400. The molecule has 2 amide bonds. The fourth-order valence-corrected chi connectivity index (χ4v) is 2.09. The summed E-state index contributed by atoms with van der Waals surface area (Å²) in [6.07, 6.45) is -0.825. The molecule has 1 atom stereocenters. The van der Waals surface area contributed by atoms with E-state index >= 15 is 0 Å². The number of alkyl carbamates (subject to hydrolysis) is 1. The van der Waals surface area contributed by atoms with Gasteiger partial charge in [-0.3, -0.25) is 4.79 Å². The van der Waals surface area contributed by atoms with Crippen LogP contribution in [0.25, 0.3) is 0 Å². The average Bonchev–Trinajstić information content (AvgIpc) is 2.18. The molecule has 1 saturated heterocycles. The van der Waals surface area contributed by atoms with Crippen molar-refractivity contribution in [2.24, 2.45) is 0 Å². The van der Waals surface area contributed by atoms with Crippen molar-refractivity contribution in [2.75, 3.05) is 0 Å². The fraction of sp³-hybridized carbons (Fsp3) is 0.800. The first-order chi connectivity index (χ1) is 8.74. The average molecular weight is 348 g/mol. The molecule has 0 aromatic rings. The van der Waals surface area contributed by atoms with Gasteiger partial charge in [0.1, 0.15) is 11.6 Å². The number of carbonyl (C=O) groups excluding carboxylic acids is 2. The first-order valence-corrected chi connectivity index (χ1v) is 7.06. The molecule has 0 aromatic heterocycles. The Bertz CT molecular complexity index is 526. The van der Waals surface area contributed by atoms with Crippen LogP contribution in [0.4, 0.5) is 4.79 Å². The van der Waals surface area contributed by atoms with E-state index < -0.39 is 39.6 Å². The van der Waals surface area contributed by atoms with Crippen molar-refractivity contribution in [3.8, 4) is 0 Å². The SMILES string of the molecule is CC(C)(C)OC(=O)N[C@@H]1C(=O)N(OS(=O)(=O)[O-])C1(C)C.[K+]. The van der Waals surface area contributed by atoms with Crippen molar-refractivity contribution >= 4 is 22.4 Å². The Kier molecular flexibility index (Phi) is 6.86. The largest absolute Gasteiger partial charge is 1.00 e. The summed E-state index contributed by atoms with van der Waals surface area (Å²) in [6.45, 7) is 7.82. The van der Waals surface area contributed by atoms with Gasteiger partial charge >= 0.3 is 57.5 Å². The first-order valence-electron chi connectivity index (χ1n) is 5.73. The maximum absolute atomic E-state index is 11.7.